The molecule has 0 radical (unpaired) electrons. The van der Waals surface area contributed by atoms with E-state index in [-0.39, 0.29) is 0 Å². The van der Waals surface area contributed by atoms with E-state index < -0.39 is 0 Å². The highest BCUT2D eigenvalue weighted by molar-refractivity contribution is 5.21. The van der Waals surface area contributed by atoms with Crippen LogP contribution in [0.5, 0.6) is 5.88 Å². The van der Waals surface area contributed by atoms with Crippen LogP contribution in [0, 0.1) is 0 Å². The van der Waals surface area contributed by atoms with E-state index in [1.165, 1.54) is 5.56 Å². The van der Waals surface area contributed by atoms with Gasteiger partial charge in [-0.15, -0.1) is 0 Å². The third kappa shape index (κ3) is 2.27. The van der Waals surface area contributed by atoms with Crippen molar-refractivity contribution in [2.45, 2.75) is 6.04 Å². The first-order valence-corrected chi connectivity index (χ1v) is 5.22. The van der Waals surface area contributed by atoms with E-state index in [2.05, 4.69) is 28.3 Å². The van der Waals surface area contributed by atoms with E-state index in [1.54, 1.807) is 7.11 Å². The van der Waals surface area contributed by atoms with Crippen LogP contribution in [0.15, 0.2) is 18.3 Å². The van der Waals surface area contributed by atoms with Gasteiger partial charge in [0, 0.05) is 37.9 Å². The molecule has 1 aromatic heterocycles. The van der Waals surface area contributed by atoms with Crippen molar-refractivity contribution in [1.82, 2.24) is 15.2 Å². The molecule has 1 aromatic rings. The Labute approximate surface area is 90.3 Å². The predicted molar refractivity (Wildman–Crippen MR) is 59.0 cm³/mol. The van der Waals surface area contributed by atoms with E-state index in [0.717, 1.165) is 19.6 Å². The van der Waals surface area contributed by atoms with Crippen LogP contribution in [-0.4, -0.2) is 43.7 Å². The predicted octanol–water partition coefficient (Wildman–Crippen LogP) is 0.666. The largest absolute Gasteiger partial charge is 0.481 e. The van der Waals surface area contributed by atoms with Gasteiger partial charge in [0.2, 0.25) is 5.88 Å². The quantitative estimate of drug-likeness (QED) is 0.773. The maximum absolute atomic E-state index is 5.04. The third-order valence-electron chi connectivity index (χ3n) is 2.86. The highest BCUT2D eigenvalue weighted by atomic mass is 16.5. The van der Waals surface area contributed by atoms with Crippen LogP contribution < -0.4 is 10.1 Å². The number of pyridine rings is 1. The lowest BCUT2D eigenvalue weighted by Crippen LogP contribution is -2.43. The summed E-state index contributed by atoms with van der Waals surface area (Å²) in [6, 6.07) is 4.43. The lowest BCUT2D eigenvalue weighted by molar-refractivity contribution is 0.202. The fourth-order valence-corrected chi connectivity index (χ4v) is 1.89. The van der Waals surface area contributed by atoms with Gasteiger partial charge >= 0.3 is 0 Å². The average Bonchev–Trinajstić information content (AvgIpc) is 2.30. The zero-order valence-electron chi connectivity index (χ0n) is 9.23. The fourth-order valence-electron chi connectivity index (χ4n) is 1.89. The van der Waals surface area contributed by atoms with Gasteiger partial charge in [-0.2, -0.15) is 0 Å². The molecule has 1 fully saturated rings. The number of likely N-dealkylation sites (N-methyl/N-ethyl adjacent to an activating group) is 1. The second-order valence-corrected chi connectivity index (χ2v) is 3.83. The molecule has 0 saturated carbocycles. The molecule has 1 atom stereocenters. The summed E-state index contributed by atoms with van der Waals surface area (Å²) >= 11 is 0. The minimum absolute atomic E-state index is 0.428. The summed E-state index contributed by atoms with van der Waals surface area (Å²) in [5.41, 5.74) is 1.24. The lowest BCUT2D eigenvalue weighted by Gasteiger charge is -2.33. The molecule has 1 N–H and O–H groups in total. The number of methoxy groups -OCH3 is 1. The Morgan fingerprint density at radius 1 is 1.53 bits per heavy atom. The standard InChI is InChI=1S/C11H17N3O/c1-14-6-5-12-8-10(14)9-3-4-11(15-2)13-7-9/h3-4,7,10,12H,5-6,8H2,1-2H3. The lowest BCUT2D eigenvalue weighted by atomic mass is 10.1. The Morgan fingerprint density at radius 3 is 3.00 bits per heavy atom. The molecule has 0 aliphatic carbocycles. The Bertz CT molecular complexity index is 312. The van der Waals surface area contributed by atoms with Crippen LogP contribution >= 0.6 is 0 Å². The van der Waals surface area contributed by atoms with Gasteiger partial charge < -0.3 is 10.1 Å². The van der Waals surface area contributed by atoms with Gasteiger partial charge in [0.05, 0.1) is 7.11 Å². The topological polar surface area (TPSA) is 37.4 Å². The van der Waals surface area contributed by atoms with Crippen LogP contribution in [0.25, 0.3) is 0 Å². The normalized spacial score (nSPS) is 22.7. The highest BCUT2D eigenvalue weighted by Gasteiger charge is 2.20. The van der Waals surface area contributed by atoms with Crippen molar-refractivity contribution in [1.29, 1.82) is 0 Å². The molecular weight excluding hydrogens is 190 g/mol. The van der Waals surface area contributed by atoms with Crippen molar-refractivity contribution in [2.75, 3.05) is 33.8 Å². The van der Waals surface area contributed by atoms with Crippen molar-refractivity contribution in [3.8, 4) is 5.88 Å². The number of aromatic nitrogens is 1. The summed E-state index contributed by atoms with van der Waals surface area (Å²) in [6.45, 7) is 3.14. The smallest absolute Gasteiger partial charge is 0.212 e. The zero-order valence-corrected chi connectivity index (χ0v) is 9.23. The van der Waals surface area contributed by atoms with E-state index >= 15 is 0 Å². The molecule has 1 aliphatic rings. The van der Waals surface area contributed by atoms with E-state index in [1.807, 2.05) is 12.3 Å². The van der Waals surface area contributed by atoms with Crippen LogP contribution in [-0.2, 0) is 0 Å². The summed E-state index contributed by atoms with van der Waals surface area (Å²) < 4.78 is 5.04. The number of hydrogen-bond acceptors (Lipinski definition) is 4. The van der Waals surface area contributed by atoms with E-state index in [0.29, 0.717) is 11.9 Å². The Morgan fingerprint density at radius 2 is 2.40 bits per heavy atom. The van der Waals surface area contributed by atoms with Crippen molar-refractivity contribution >= 4 is 0 Å². The molecule has 1 unspecified atom stereocenters. The van der Waals surface area contributed by atoms with Crippen molar-refractivity contribution in [3.05, 3.63) is 23.9 Å². The molecule has 0 amide bonds. The molecule has 4 heteroatoms. The van der Waals surface area contributed by atoms with Crippen molar-refractivity contribution < 1.29 is 4.74 Å². The van der Waals surface area contributed by atoms with Crippen LogP contribution in [0.2, 0.25) is 0 Å². The molecule has 15 heavy (non-hydrogen) atoms. The second-order valence-electron chi connectivity index (χ2n) is 3.83. The maximum atomic E-state index is 5.04. The number of ether oxygens (including phenoxy) is 1. The molecular formula is C11H17N3O. The minimum Gasteiger partial charge on any atom is -0.481 e. The number of rotatable bonds is 2. The van der Waals surface area contributed by atoms with Gasteiger partial charge in [-0.1, -0.05) is 6.07 Å². The monoisotopic (exact) mass is 207 g/mol. The number of nitrogens with zero attached hydrogens (tertiary/aromatic N) is 2. The highest BCUT2D eigenvalue weighted by Crippen LogP contribution is 2.20. The first-order valence-electron chi connectivity index (χ1n) is 5.22. The van der Waals surface area contributed by atoms with E-state index in [9.17, 15) is 0 Å². The zero-order chi connectivity index (χ0) is 10.7. The van der Waals surface area contributed by atoms with Crippen LogP contribution in [0.1, 0.15) is 11.6 Å². The van der Waals surface area contributed by atoms with Crippen molar-refractivity contribution in [3.63, 3.8) is 0 Å². The van der Waals surface area contributed by atoms with E-state index in [4.69, 9.17) is 4.74 Å². The van der Waals surface area contributed by atoms with Gasteiger partial charge in [-0.25, -0.2) is 4.98 Å². The Balaban J connectivity index is 2.13. The van der Waals surface area contributed by atoms with Gasteiger partial charge in [0.1, 0.15) is 0 Å². The minimum atomic E-state index is 0.428. The van der Waals surface area contributed by atoms with Crippen LogP contribution in [0.4, 0.5) is 0 Å². The number of hydrogen-bond donors (Lipinski definition) is 1. The average molecular weight is 207 g/mol. The number of piperazine rings is 1. The summed E-state index contributed by atoms with van der Waals surface area (Å²) in [5, 5.41) is 3.39. The van der Waals surface area contributed by atoms with Gasteiger partial charge in [0.15, 0.2) is 0 Å². The number of nitrogens with one attached hydrogen (secondary N) is 1. The summed E-state index contributed by atoms with van der Waals surface area (Å²) in [6.07, 6.45) is 1.90. The van der Waals surface area contributed by atoms with Crippen molar-refractivity contribution in [2.24, 2.45) is 0 Å². The fraction of sp³-hybridized carbons (Fsp3) is 0.545. The van der Waals surface area contributed by atoms with Gasteiger partial charge in [-0.05, 0) is 12.6 Å². The molecule has 0 bridgehead atoms. The molecule has 2 heterocycles. The molecule has 2 rings (SSSR count). The third-order valence-corrected chi connectivity index (χ3v) is 2.86. The molecule has 82 valence electrons. The molecule has 1 aliphatic heterocycles. The Kier molecular flexibility index (Phi) is 3.18. The second kappa shape index (κ2) is 4.59. The molecule has 0 aromatic carbocycles. The first-order chi connectivity index (χ1) is 7.31. The summed E-state index contributed by atoms with van der Waals surface area (Å²) in [5.74, 6) is 0.671. The summed E-state index contributed by atoms with van der Waals surface area (Å²) in [7, 11) is 3.78. The first kappa shape index (κ1) is 10.4. The molecule has 4 nitrogen and oxygen atoms in total. The van der Waals surface area contributed by atoms with Gasteiger partial charge in [0.25, 0.3) is 0 Å². The molecule has 0 spiro atoms. The van der Waals surface area contributed by atoms with Crippen LogP contribution in [0.3, 0.4) is 0 Å². The summed E-state index contributed by atoms with van der Waals surface area (Å²) in [4.78, 5) is 6.58. The molecule has 1 saturated heterocycles. The van der Waals surface area contributed by atoms with Gasteiger partial charge in [-0.3, -0.25) is 4.90 Å². The maximum Gasteiger partial charge on any atom is 0.212 e. The SMILES string of the molecule is COc1ccc(C2CNCCN2C)cn1. The Hall–Kier alpha value is -1.13.